The summed E-state index contributed by atoms with van der Waals surface area (Å²) in [5.74, 6) is 0.397. The number of hydrogen-bond acceptors (Lipinski definition) is 2. The summed E-state index contributed by atoms with van der Waals surface area (Å²) in [4.78, 5) is 19.4. The van der Waals surface area contributed by atoms with Gasteiger partial charge in [0.1, 0.15) is 11.5 Å². The van der Waals surface area contributed by atoms with Crippen molar-refractivity contribution in [3.05, 3.63) is 106 Å². The van der Waals surface area contributed by atoms with Gasteiger partial charge >= 0.3 is 0 Å². The molecule has 0 saturated carbocycles. The Balaban J connectivity index is 1.80. The Hall–Kier alpha value is -2.88. The monoisotopic (exact) mass is 392 g/mol. The smallest absolute Gasteiger partial charge is 0.266 e. The first-order valence-corrected chi connectivity index (χ1v) is 9.09. The zero-order chi connectivity index (χ0) is 18.8. The molecule has 5 heteroatoms. The number of amides is 1. The highest BCUT2D eigenvalue weighted by Gasteiger charge is 2.32. The zero-order valence-electron chi connectivity index (χ0n) is 14.1. The van der Waals surface area contributed by atoms with Crippen LogP contribution in [0.5, 0.6) is 0 Å². The molecule has 0 unspecified atom stereocenters. The zero-order valence-corrected chi connectivity index (χ0v) is 15.7. The Morgan fingerprint density at radius 3 is 2.00 bits per heavy atom. The van der Waals surface area contributed by atoms with Gasteiger partial charge in [-0.25, -0.2) is 4.99 Å². The second-order valence-electron chi connectivity index (χ2n) is 6.00. The average Bonchev–Trinajstić information content (AvgIpc) is 3.01. The van der Waals surface area contributed by atoms with E-state index in [0.717, 1.165) is 11.1 Å². The van der Waals surface area contributed by atoms with Gasteiger partial charge in [0, 0.05) is 15.6 Å². The Bertz CT molecular complexity index is 1040. The molecule has 1 heterocycles. The van der Waals surface area contributed by atoms with E-state index in [9.17, 15) is 4.79 Å². The molecule has 1 aliphatic rings. The molecule has 0 saturated heterocycles. The van der Waals surface area contributed by atoms with E-state index in [1.807, 2.05) is 54.6 Å². The van der Waals surface area contributed by atoms with Gasteiger partial charge in [0.05, 0.1) is 5.69 Å². The van der Waals surface area contributed by atoms with Crippen LogP contribution in [0.4, 0.5) is 5.69 Å². The summed E-state index contributed by atoms with van der Waals surface area (Å²) >= 11 is 11.9. The number of halogens is 2. The fourth-order valence-corrected chi connectivity index (χ4v) is 3.10. The van der Waals surface area contributed by atoms with Crippen LogP contribution < -0.4 is 4.90 Å². The van der Waals surface area contributed by atoms with Gasteiger partial charge in [-0.2, -0.15) is 0 Å². The lowest BCUT2D eigenvalue weighted by atomic mass is 10.1. The van der Waals surface area contributed by atoms with Gasteiger partial charge in [0.25, 0.3) is 5.91 Å². The van der Waals surface area contributed by atoms with E-state index in [2.05, 4.69) is 4.99 Å². The number of benzene rings is 3. The van der Waals surface area contributed by atoms with E-state index in [1.54, 1.807) is 35.2 Å². The molecule has 1 amide bonds. The van der Waals surface area contributed by atoms with Crippen molar-refractivity contribution in [2.24, 2.45) is 4.99 Å². The summed E-state index contributed by atoms with van der Waals surface area (Å²) in [6.07, 6.45) is 1.76. The molecule has 0 spiro atoms. The van der Waals surface area contributed by atoms with Gasteiger partial charge in [-0.3, -0.25) is 9.69 Å². The number of rotatable bonds is 3. The van der Waals surface area contributed by atoms with Gasteiger partial charge in [-0.05, 0) is 48.0 Å². The standard InChI is InChI=1S/C22H14Cl2N2O/c23-17-8-6-15(7-9-17)14-20-22(27)26(19-12-10-18(24)11-13-19)21(25-20)16-4-2-1-3-5-16/h1-14H/b20-14+. The normalized spacial score (nSPS) is 15.3. The third kappa shape index (κ3) is 3.65. The summed E-state index contributed by atoms with van der Waals surface area (Å²) in [5.41, 5.74) is 2.80. The van der Waals surface area contributed by atoms with Crippen molar-refractivity contribution >= 4 is 46.7 Å². The minimum atomic E-state index is -0.189. The largest absolute Gasteiger partial charge is 0.282 e. The predicted molar refractivity (Wildman–Crippen MR) is 111 cm³/mol. The van der Waals surface area contributed by atoms with Gasteiger partial charge in [-0.15, -0.1) is 0 Å². The number of anilines is 1. The van der Waals surface area contributed by atoms with Gasteiger partial charge in [0.15, 0.2) is 0 Å². The lowest BCUT2D eigenvalue weighted by molar-refractivity contribution is -0.113. The van der Waals surface area contributed by atoms with E-state index in [-0.39, 0.29) is 5.91 Å². The molecular weight excluding hydrogens is 379 g/mol. The summed E-state index contributed by atoms with van der Waals surface area (Å²) in [6, 6.07) is 24.0. The predicted octanol–water partition coefficient (Wildman–Crippen LogP) is 5.83. The van der Waals surface area contributed by atoms with Crippen LogP contribution in [-0.4, -0.2) is 11.7 Å². The number of nitrogens with zero attached hydrogens (tertiary/aromatic N) is 2. The Labute approximate surface area is 167 Å². The first-order valence-electron chi connectivity index (χ1n) is 8.33. The molecule has 0 radical (unpaired) electrons. The minimum absolute atomic E-state index is 0.189. The number of carbonyl (C=O) groups is 1. The first kappa shape index (κ1) is 17.5. The number of amidine groups is 1. The van der Waals surface area contributed by atoms with Crippen LogP contribution in [0.25, 0.3) is 6.08 Å². The highest BCUT2D eigenvalue weighted by molar-refractivity contribution is 6.34. The summed E-state index contributed by atoms with van der Waals surface area (Å²) in [5, 5.41) is 1.26. The molecule has 27 heavy (non-hydrogen) atoms. The van der Waals surface area contributed by atoms with E-state index >= 15 is 0 Å². The molecule has 3 nitrogen and oxygen atoms in total. The fourth-order valence-electron chi connectivity index (χ4n) is 2.84. The second kappa shape index (κ2) is 7.39. The maximum absolute atomic E-state index is 13.1. The van der Waals surface area contributed by atoms with Crippen LogP contribution in [0.15, 0.2) is 89.6 Å². The van der Waals surface area contributed by atoms with Crippen molar-refractivity contribution < 1.29 is 4.79 Å². The van der Waals surface area contributed by atoms with E-state index < -0.39 is 0 Å². The number of carbonyl (C=O) groups excluding carboxylic acids is 1. The molecule has 4 rings (SSSR count). The van der Waals surface area contributed by atoms with Crippen molar-refractivity contribution in [3.8, 4) is 0 Å². The average molecular weight is 393 g/mol. The van der Waals surface area contributed by atoms with Crippen LogP contribution in [0, 0.1) is 0 Å². The van der Waals surface area contributed by atoms with Gasteiger partial charge < -0.3 is 0 Å². The van der Waals surface area contributed by atoms with E-state index in [0.29, 0.717) is 27.3 Å². The molecule has 3 aromatic carbocycles. The van der Waals surface area contributed by atoms with Gasteiger partial charge in [0.2, 0.25) is 0 Å². The van der Waals surface area contributed by atoms with E-state index in [1.165, 1.54) is 0 Å². The molecule has 0 N–H and O–H groups in total. The Morgan fingerprint density at radius 2 is 1.37 bits per heavy atom. The topological polar surface area (TPSA) is 32.7 Å². The molecular formula is C22H14Cl2N2O. The highest BCUT2D eigenvalue weighted by Crippen LogP contribution is 2.29. The van der Waals surface area contributed by atoms with Crippen molar-refractivity contribution in [1.29, 1.82) is 0 Å². The van der Waals surface area contributed by atoms with Crippen LogP contribution in [0.3, 0.4) is 0 Å². The van der Waals surface area contributed by atoms with Crippen molar-refractivity contribution in [3.63, 3.8) is 0 Å². The Morgan fingerprint density at radius 1 is 0.778 bits per heavy atom. The molecule has 3 aromatic rings. The summed E-state index contributed by atoms with van der Waals surface area (Å²) in [6.45, 7) is 0. The van der Waals surface area contributed by atoms with Gasteiger partial charge in [-0.1, -0.05) is 65.7 Å². The maximum Gasteiger partial charge on any atom is 0.282 e. The van der Waals surface area contributed by atoms with Crippen LogP contribution >= 0.6 is 23.2 Å². The Kier molecular flexibility index (Phi) is 4.80. The molecule has 0 bridgehead atoms. The minimum Gasteiger partial charge on any atom is -0.266 e. The molecule has 0 aliphatic carbocycles. The number of aliphatic imine (C=N–C) groups is 1. The molecule has 0 fully saturated rings. The third-order valence-electron chi connectivity index (χ3n) is 4.15. The summed E-state index contributed by atoms with van der Waals surface area (Å²) < 4.78 is 0. The summed E-state index contributed by atoms with van der Waals surface area (Å²) in [7, 11) is 0. The lowest BCUT2D eigenvalue weighted by Crippen LogP contribution is -2.32. The van der Waals surface area contributed by atoms with Crippen molar-refractivity contribution in [1.82, 2.24) is 0 Å². The van der Waals surface area contributed by atoms with Crippen LogP contribution in [-0.2, 0) is 4.79 Å². The second-order valence-corrected chi connectivity index (χ2v) is 6.87. The highest BCUT2D eigenvalue weighted by atomic mass is 35.5. The lowest BCUT2D eigenvalue weighted by Gasteiger charge is -2.18. The number of hydrogen-bond donors (Lipinski definition) is 0. The first-order chi connectivity index (χ1) is 13.1. The quantitative estimate of drug-likeness (QED) is 0.516. The van der Waals surface area contributed by atoms with E-state index in [4.69, 9.17) is 23.2 Å². The third-order valence-corrected chi connectivity index (χ3v) is 4.65. The fraction of sp³-hybridized carbons (Fsp3) is 0. The molecule has 1 aliphatic heterocycles. The maximum atomic E-state index is 13.1. The van der Waals surface area contributed by atoms with Crippen molar-refractivity contribution in [2.75, 3.05) is 4.90 Å². The van der Waals surface area contributed by atoms with Crippen LogP contribution in [0.1, 0.15) is 11.1 Å². The molecule has 0 atom stereocenters. The SMILES string of the molecule is O=C1/C(=C\c2ccc(Cl)cc2)N=C(c2ccccc2)N1c1ccc(Cl)cc1. The molecule has 132 valence electrons. The van der Waals surface area contributed by atoms with Crippen molar-refractivity contribution in [2.45, 2.75) is 0 Å². The molecule has 0 aromatic heterocycles. The van der Waals surface area contributed by atoms with Crippen LogP contribution in [0.2, 0.25) is 10.0 Å².